The number of nitrogens with one attached hydrogen (secondary N) is 1. The van der Waals surface area contributed by atoms with E-state index in [9.17, 15) is 4.79 Å². The van der Waals surface area contributed by atoms with Gasteiger partial charge in [-0.3, -0.25) is 4.79 Å². The Bertz CT molecular complexity index is 502. The molecule has 0 spiro atoms. The van der Waals surface area contributed by atoms with Gasteiger partial charge in [-0.05, 0) is 23.2 Å². The summed E-state index contributed by atoms with van der Waals surface area (Å²) in [6, 6.07) is 5.80. The van der Waals surface area contributed by atoms with Crippen molar-refractivity contribution in [2.75, 3.05) is 6.54 Å². The molecule has 1 aromatic carbocycles. The molecule has 1 amide bonds. The van der Waals surface area contributed by atoms with Crippen LogP contribution in [0.25, 0.3) is 0 Å². The van der Waals surface area contributed by atoms with Crippen molar-refractivity contribution in [2.45, 2.75) is 71.3 Å². The highest BCUT2D eigenvalue weighted by molar-refractivity contribution is 6.59. The third kappa shape index (κ3) is 7.09. The van der Waals surface area contributed by atoms with E-state index < -0.39 is 0 Å². The number of carbonyl (C=O) groups is 1. The van der Waals surface area contributed by atoms with Crippen molar-refractivity contribution in [2.24, 2.45) is 0 Å². The molecule has 128 valence electrons. The van der Waals surface area contributed by atoms with Crippen LogP contribution in [0.5, 0.6) is 0 Å². The van der Waals surface area contributed by atoms with Crippen molar-refractivity contribution >= 4 is 32.2 Å². The zero-order chi connectivity index (χ0) is 17.3. The van der Waals surface area contributed by atoms with Crippen LogP contribution in [0.15, 0.2) is 18.2 Å². The van der Waals surface area contributed by atoms with E-state index >= 15 is 0 Å². The van der Waals surface area contributed by atoms with Crippen LogP contribution in [0, 0.1) is 0 Å². The van der Waals surface area contributed by atoms with Crippen LogP contribution in [-0.2, 0) is 0 Å². The molecule has 0 aliphatic heterocycles. The van der Waals surface area contributed by atoms with E-state index in [1.165, 1.54) is 38.5 Å². The molecule has 0 atom stereocenters. The number of amides is 1. The Hall–Kier alpha value is -0.803. The lowest BCUT2D eigenvalue weighted by Gasteiger charge is -2.25. The first-order valence-electron chi connectivity index (χ1n) is 8.76. The summed E-state index contributed by atoms with van der Waals surface area (Å²) in [6.07, 6.45) is 7.70. The maximum Gasteiger partial charge on any atom is 0.252 e. The van der Waals surface area contributed by atoms with E-state index in [2.05, 4.69) is 26.1 Å². The summed E-state index contributed by atoms with van der Waals surface area (Å²) in [5.74, 6) is -0.0562. The van der Waals surface area contributed by atoms with Crippen LogP contribution < -0.4 is 10.5 Å². The van der Waals surface area contributed by atoms with Crippen molar-refractivity contribution in [1.82, 2.24) is 5.32 Å². The molecular weight excluding hydrogens is 322 g/mol. The van der Waals surface area contributed by atoms with Gasteiger partial charge in [-0.2, -0.15) is 0 Å². The minimum Gasteiger partial charge on any atom is -0.352 e. The Morgan fingerprint density at radius 2 is 1.87 bits per heavy atom. The lowest BCUT2D eigenvalue weighted by molar-refractivity contribution is 0.0957. The highest BCUT2D eigenvalue weighted by Crippen LogP contribution is 2.31. The summed E-state index contributed by atoms with van der Waals surface area (Å²) in [6.45, 7) is 9.39. The van der Waals surface area contributed by atoms with E-state index in [-0.39, 0.29) is 10.9 Å². The third-order valence-electron chi connectivity index (χ3n) is 3.96. The van der Waals surface area contributed by atoms with Gasteiger partial charge in [0, 0.05) is 6.54 Å². The SMILES string of the molecule is CCCCCCCC(C)(C)[Si]c1cccc(Cl)c1C(=O)NCC. The minimum absolute atomic E-state index is 0.0562. The zero-order valence-corrected chi connectivity index (χ0v) is 16.7. The first-order chi connectivity index (χ1) is 10.9. The second-order valence-electron chi connectivity index (χ2n) is 6.69. The molecule has 4 heteroatoms. The van der Waals surface area contributed by atoms with E-state index in [1.54, 1.807) is 6.07 Å². The fourth-order valence-electron chi connectivity index (χ4n) is 2.71. The smallest absolute Gasteiger partial charge is 0.252 e. The van der Waals surface area contributed by atoms with E-state index in [0.717, 1.165) is 5.19 Å². The average molecular weight is 352 g/mol. The van der Waals surface area contributed by atoms with Gasteiger partial charge in [0.2, 0.25) is 0 Å². The van der Waals surface area contributed by atoms with Gasteiger partial charge in [-0.1, -0.05) is 83.0 Å². The second-order valence-corrected chi connectivity index (χ2v) is 9.24. The molecule has 1 rings (SSSR count). The first kappa shape index (κ1) is 20.2. The quantitative estimate of drug-likeness (QED) is 0.467. The summed E-state index contributed by atoms with van der Waals surface area (Å²) < 4.78 is 0. The molecule has 0 aromatic heterocycles. The molecule has 0 saturated carbocycles. The Labute approximate surface area is 149 Å². The minimum atomic E-state index is -0.0562. The molecule has 2 radical (unpaired) electrons. The maximum absolute atomic E-state index is 12.3. The molecule has 2 nitrogen and oxygen atoms in total. The summed E-state index contributed by atoms with van der Waals surface area (Å²) in [5, 5.41) is 4.72. The van der Waals surface area contributed by atoms with Gasteiger partial charge >= 0.3 is 0 Å². The van der Waals surface area contributed by atoms with Gasteiger partial charge in [0.25, 0.3) is 5.91 Å². The Morgan fingerprint density at radius 3 is 2.52 bits per heavy atom. The molecule has 23 heavy (non-hydrogen) atoms. The monoisotopic (exact) mass is 351 g/mol. The van der Waals surface area contributed by atoms with Crippen molar-refractivity contribution in [3.05, 3.63) is 28.8 Å². The molecule has 0 heterocycles. The standard InChI is InChI=1S/C19H30ClNOSi/c1-5-7-8-9-10-14-19(3,4)23-16-13-11-12-15(20)17(16)18(22)21-6-2/h11-13H,5-10,14H2,1-4H3,(H,21,22). The van der Waals surface area contributed by atoms with E-state index in [1.807, 2.05) is 19.1 Å². The van der Waals surface area contributed by atoms with Gasteiger partial charge in [-0.15, -0.1) is 0 Å². The number of hydrogen-bond donors (Lipinski definition) is 1. The number of benzene rings is 1. The van der Waals surface area contributed by atoms with Gasteiger partial charge < -0.3 is 5.32 Å². The highest BCUT2D eigenvalue weighted by atomic mass is 35.5. The number of hydrogen-bond acceptors (Lipinski definition) is 1. The molecule has 0 saturated heterocycles. The van der Waals surface area contributed by atoms with E-state index in [0.29, 0.717) is 26.7 Å². The van der Waals surface area contributed by atoms with Crippen LogP contribution in [-0.4, -0.2) is 22.0 Å². The molecule has 0 bridgehead atoms. The number of carbonyl (C=O) groups excluding carboxylic acids is 1. The van der Waals surface area contributed by atoms with Gasteiger partial charge in [0.1, 0.15) is 0 Å². The normalized spacial score (nSPS) is 11.5. The summed E-state index contributed by atoms with van der Waals surface area (Å²) >= 11 is 6.29. The van der Waals surface area contributed by atoms with E-state index in [4.69, 9.17) is 11.6 Å². The lowest BCUT2D eigenvalue weighted by atomic mass is 10.0. The third-order valence-corrected chi connectivity index (χ3v) is 5.88. The number of unbranched alkanes of at least 4 members (excludes halogenated alkanes) is 4. The van der Waals surface area contributed by atoms with Crippen molar-refractivity contribution < 1.29 is 4.79 Å². The van der Waals surface area contributed by atoms with Crippen LogP contribution in [0.2, 0.25) is 10.1 Å². The highest BCUT2D eigenvalue weighted by Gasteiger charge is 2.24. The number of halogens is 1. The fraction of sp³-hybridized carbons (Fsp3) is 0.632. The Kier molecular flexibility index (Phi) is 8.93. The topological polar surface area (TPSA) is 29.1 Å². The summed E-state index contributed by atoms with van der Waals surface area (Å²) in [7, 11) is 0.591. The Balaban J connectivity index is 2.74. The predicted octanol–water partition coefficient (Wildman–Crippen LogP) is 4.98. The maximum atomic E-state index is 12.3. The molecule has 0 aliphatic rings. The van der Waals surface area contributed by atoms with Crippen molar-refractivity contribution in [1.29, 1.82) is 0 Å². The van der Waals surface area contributed by atoms with Gasteiger partial charge in [0.05, 0.1) is 20.1 Å². The van der Waals surface area contributed by atoms with Gasteiger partial charge in [0.15, 0.2) is 0 Å². The predicted molar refractivity (Wildman–Crippen MR) is 102 cm³/mol. The summed E-state index contributed by atoms with van der Waals surface area (Å²) in [5.41, 5.74) is 0.661. The zero-order valence-electron chi connectivity index (χ0n) is 15.0. The van der Waals surface area contributed by atoms with Crippen molar-refractivity contribution in [3.8, 4) is 0 Å². The molecule has 1 N–H and O–H groups in total. The first-order valence-corrected chi connectivity index (χ1v) is 10.1. The molecular formula is C19H30ClNOSi. The van der Waals surface area contributed by atoms with Gasteiger partial charge in [-0.25, -0.2) is 0 Å². The average Bonchev–Trinajstić information content (AvgIpc) is 2.46. The fourth-order valence-corrected chi connectivity index (χ4v) is 4.63. The second kappa shape index (κ2) is 10.1. The lowest BCUT2D eigenvalue weighted by Crippen LogP contribution is -2.35. The van der Waals surface area contributed by atoms with Crippen LogP contribution >= 0.6 is 11.6 Å². The largest absolute Gasteiger partial charge is 0.352 e. The molecule has 1 aromatic rings. The molecule has 0 fully saturated rings. The molecule has 0 unspecified atom stereocenters. The Morgan fingerprint density at radius 1 is 1.17 bits per heavy atom. The van der Waals surface area contributed by atoms with Crippen LogP contribution in [0.1, 0.15) is 76.6 Å². The van der Waals surface area contributed by atoms with Crippen molar-refractivity contribution in [3.63, 3.8) is 0 Å². The number of rotatable bonds is 10. The van der Waals surface area contributed by atoms with Crippen LogP contribution in [0.4, 0.5) is 0 Å². The van der Waals surface area contributed by atoms with Crippen LogP contribution in [0.3, 0.4) is 0 Å². The molecule has 0 aliphatic carbocycles. The summed E-state index contributed by atoms with van der Waals surface area (Å²) in [4.78, 5) is 12.3.